The summed E-state index contributed by atoms with van der Waals surface area (Å²) in [5, 5.41) is 8.19. The zero-order valence-corrected chi connectivity index (χ0v) is 6.64. The third-order valence-electron chi connectivity index (χ3n) is 1.37. The van der Waals surface area contributed by atoms with Gasteiger partial charge in [-0.3, -0.25) is 0 Å². The number of nitriles is 1. The van der Waals surface area contributed by atoms with Gasteiger partial charge in [-0.25, -0.2) is 0 Å². The second kappa shape index (κ2) is 4.92. The van der Waals surface area contributed by atoms with E-state index in [9.17, 15) is 0 Å². The number of allylic oxidation sites excluding steroid dienone is 3. The minimum absolute atomic E-state index is 1.14. The van der Waals surface area contributed by atoms with Gasteiger partial charge in [-0.05, 0) is 5.56 Å². The first-order valence-corrected chi connectivity index (χ1v) is 3.71. The third kappa shape index (κ3) is 2.85. The van der Waals surface area contributed by atoms with E-state index >= 15 is 0 Å². The first-order valence-electron chi connectivity index (χ1n) is 3.71. The summed E-state index contributed by atoms with van der Waals surface area (Å²) in [5.74, 6) is 0. The van der Waals surface area contributed by atoms with E-state index in [1.54, 1.807) is 6.08 Å². The van der Waals surface area contributed by atoms with Crippen molar-refractivity contribution in [3.05, 3.63) is 54.1 Å². The fraction of sp³-hybridized carbons (Fsp3) is 0. The van der Waals surface area contributed by atoms with Crippen molar-refractivity contribution in [1.82, 2.24) is 0 Å². The van der Waals surface area contributed by atoms with Crippen LogP contribution in [0.15, 0.2) is 48.6 Å². The molecule has 0 atom stereocenters. The van der Waals surface area contributed by atoms with Crippen LogP contribution in [0.5, 0.6) is 0 Å². The predicted molar refractivity (Wildman–Crippen MR) is 50.2 cm³/mol. The molecule has 0 amide bonds. The van der Waals surface area contributed by atoms with Gasteiger partial charge in [0.05, 0.1) is 6.07 Å². The molecule has 0 unspecified atom stereocenters. The lowest BCUT2D eigenvalue weighted by molar-refractivity contribution is 1.53. The number of benzene rings is 1. The largest absolute Gasteiger partial charge is 0.193 e. The smallest absolute Gasteiger partial charge is 0.0912 e. The highest BCUT2D eigenvalue weighted by atomic mass is 14.2. The van der Waals surface area contributed by atoms with Crippen molar-refractivity contribution in [3.8, 4) is 6.07 Å². The van der Waals surface area contributed by atoms with Crippen LogP contribution >= 0.6 is 0 Å². The second-order valence-electron chi connectivity index (χ2n) is 2.26. The van der Waals surface area contributed by atoms with Crippen LogP contribution in [-0.4, -0.2) is 0 Å². The van der Waals surface area contributed by atoms with Crippen LogP contribution in [0.2, 0.25) is 0 Å². The first kappa shape index (κ1) is 8.29. The summed E-state index contributed by atoms with van der Waals surface area (Å²) in [5.41, 5.74) is 1.14. The van der Waals surface area contributed by atoms with Gasteiger partial charge in [0.15, 0.2) is 0 Å². The minimum Gasteiger partial charge on any atom is -0.193 e. The molecule has 0 N–H and O–H groups in total. The summed E-state index contributed by atoms with van der Waals surface area (Å²) in [6.07, 6.45) is 6.96. The molecular formula is C11H9N. The molecule has 0 aliphatic heterocycles. The molecule has 58 valence electrons. The van der Waals surface area contributed by atoms with Crippen LogP contribution < -0.4 is 0 Å². The normalized spacial score (nSPS) is 10.6. The summed E-state index contributed by atoms with van der Waals surface area (Å²) in [6, 6.07) is 11.9. The van der Waals surface area contributed by atoms with Gasteiger partial charge in [0.25, 0.3) is 0 Å². The maximum atomic E-state index is 8.19. The fourth-order valence-electron chi connectivity index (χ4n) is 0.829. The van der Waals surface area contributed by atoms with E-state index < -0.39 is 0 Å². The summed E-state index contributed by atoms with van der Waals surface area (Å²) in [7, 11) is 0. The number of rotatable bonds is 2. The lowest BCUT2D eigenvalue weighted by Gasteiger charge is -1.87. The van der Waals surface area contributed by atoms with Gasteiger partial charge in [-0.1, -0.05) is 48.6 Å². The zero-order valence-electron chi connectivity index (χ0n) is 6.64. The van der Waals surface area contributed by atoms with Crippen molar-refractivity contribution in [2.45, 2.75) is 0 Å². The van der Waals surface area contributed by atoms with Gasteiger partial charge in [0.1, 0.15) is 0 Å². The molecular weight excluding hydrogens is 146 g/mol. The van der Waals surface area contributed by atoms with E-state index in [2.05, 4.69) is 0 Å². The quantitative estimate of drug-likeness (QED) is 0.476. The highest BCUT2D eigenvalue weighted by Gasteiger charge is 1.78. The molecule has 0 bridgehead atoms. The van der Waals surface area contributed by atoms with Crippen LogP contribution in [0, 0.1) is 11.3 Å². The van der Waals surface area contributed by atoms with E-state index in [1.807, 2.05) is 48.6 Å². The zero-order chi connectivity index (χ0) is 8.65. The summed E-state index contributed by atoms with van der Waals surface area (Å²) < 4.78 is 0. The monoisotopic (exact) mass is 155 g/mol. The second-order valence-corrected chi connectivity index (χ2v) is 2.26. The lowest BCUT2D eigenvalue weighted by atomic mass is 10.2. The van der Waals surface area contributed by atoms with E-state index in [-0.39, 0.29) is 0 Å². The van der Waals surface area contributed by atoms with Crippen LogP contribution in [0.25, 0.3) is 6.08 Å². The highest BCUT2D eigenvalue weighted by molar-refractivity contribution is 5.50. The SMILES string of the molecule is N#C/C=C\C=C\c1ccccc1. The molecule has 0 spiro atoms. The Morgan fingerprint density at radius 1 is 1.08 bits per heavy atom. The van der Waals surface area contributed by atoms with Crippen LogP contribution in [-0.2, 0) is 0 Å². The van der Waals surface area contributed by atoms with Crippen LogP contribution in [0.1, 0.15) is 5.56 Å². The van der Waals surface area contributed by atoms with E-state index in [1.165, 1.54) is 6.08 Å². The molecule has 0 aromatic heterocycles. The van der Waals surface area contributed by atoms with Crippen LogP contribution in [0.3, 0.4) is 0 Å². The molecule has 1 nitrogen and oxygen atoms in total. The number of hydrogen-bond acceptors (Lipinski definition) is 1. The molecule has 1 aromatic rings. The third-order valence-corrected chi connectivity index (χ3v) is 1.37. The first-order chi connectivity index (χ1) is 5.93. The molecule has 1 aromatic carbocycles. The average Bonchev–Trinajstić information content (AvgIpc) is 2.14. The standard InChI is InChI=1S/C11H9N/c12-10-6-2-5-9-11-7-3-1-4-8-11/h1-9H/b6-2-,9-5+. The summed E-state index contributed by atoms with van der Waals surface area (Å²) in [6.45, 7) is 0. The van der Waals surface area contributed by atoms with E-state index in [4.69, 9.17) is 5.26 Å². The Morgan fingerprint density at radius 2 is 1.83 bits per heavy atom. The maximum Gasteiger partial charge on any atom is 0.0912 e. The van der Waals surface area contributed by atoms with Crippen molar-refractivity contribution < 1.29 is 0 Å². The van der Waals surface area contributed by atoms with E-state index in [0.29, 0.717) is 0 Å². The average molecular weight is 155 g/mol. The van der Waals surface area contributed by atoms with Gasteiger partial charge in [-0.15, -0.1) is 0 Å². The molecule has 1 heteroatoms. The van der Waals surface area contributed by atoms with Gasteiger partial charge < -0.3 is 0 Å². The van der Waals surface area contributed by atoms with Crippen molar-refractivity contribution in [2.75, 3.05) is 0 Å². The molecule has 0 saturated carbocycles. The minimum atomic E-state index is 1.14. The predicted octanol–water partition coefficient (Wildman–Crippen LogP) is 2.78. The Bertz CT molecular complexity index is 315. The Kier molecular flexibility index (Phi) is 3.40. The fourth-order valence-corrected chi connectivity index (χ4v) is 0.829. The lowest BCUT2D eigenvalue weighted by Crippen LogP contribution is -1.66. The van der Waals surface area contributed by atoms with Gasteiger partial charge in [0, 0.05) is 6.08 Å². The van der Waals surface area contributed by atoms with Gasteiger partial charge >= 0.3 is 0 Å². The number of nitrogens with zero attached hydrogens (tertiary/aromatic N) is 1. The highest BCUT2D eigenvalue weighted by Crippen LogP contribution is 2.00. The maximum absolute atomic E-state index is 8.19. The van der Waals surface area contributed by atoms with Gasteiger partial charge in [-0.2, -0.15) is 5.26 Å². The molecule has 0 heterocycles. The molecule has 12 heavy (non-hydrogen) atoms. The summed E-state index contributed by atoms with van der Waals surface area (Å²) in [4.78, 5) is 0. The Balaban J connectivity index is 2.59. The Hall–Kier alpha value is -1.81. The van der Waals surface area contributed by atoms with Crippen molar-refractivity contribution >= 4 is 6.08 Å². The molecule has 0 aliphatic rings. The van der Waals surface area contributed by atoms with Crippen LogP contribution in [0.4, 0.5) is 0 Å². The Morgan fingerprint density at radius 3 is 2.50 bits per heavy atom. The van der Waals surface area contributed by atoms with Crippen molar-refractivity contribution in [1.29, 1.82) is 5.26 Å². The number of hydrogen-bond donors (Lipinski definition) is 0. The van der Waals surface area contributed by atoms with E-state index in [0.717, 1.165) is 5.56 Å². The van der Waals surface area contributed by atoms with Gasteiger partial charge in [0.2, 0.25) is 0 Å². The van der Waals surface area contributed by atoms with Crippen molar-refractivity contribution in [2.24, 2.45) is 0 Å². The van der Waals surface area contributed by atoms with Crippen molar-refractivity contribution in [3.63, 3.8) is 0 Å². The summed E-state index contributed by atoms with van der Waals surface area (Å²) >= 11 is 0. The molecule has 0 fully saturated rings. The molecule has 1 rings (SSSR count). The molecule has 0 saturated heterocycles. The molecule has 0 aliphatic carbocycles. The topological polar surface area (TPSA) is 23.8 Å². The molecule has 0 radical (unpaired) electrons. The Labute approximate surface area is 72.3 Å².